The highest BCUT2D eigenvalue weighted by Gasteiger charge is 2.19. The van der Waals surface area contributed by atoms with Crippen molar-refractivity contribution in [1.82, 2.24) is 9.47 Å². The second kappa shape index (κ2) is 10.8. The number of morpholine rings is 1. The summed E-state index contributed by atoms with van der Waals surface area (Å²) < 4.78 is 7.77. The highest BCUT2D eigenvalue weighted by atomic mass is 16.5. The van der Waals surface area contributed by atoms with Crippen LogP contribution in [0.4, 0.5) is 5.69 Å². The van der Waals surface area contributed by atoms with E-state index in [9.17, 15) is 4.79 Å². The SMILES string of the molecule is Cc1c(C(=O)Nc2cccc(C(C)C)c2)cc(-c2ccccc2)n1CCCN1CCOCC1. The molecule has 0 atom stereocenters. The average Bonchev–Trinajstić information content (AvgIpc) is 3.17. The molecule has 0 spiro atoms. The van der Waals surface area contributed by atoms with E-state index >= 15 is 0 Å². The zero-order chi connectivity index (χ0) is 23.2. The fourth-order valence-corrected chi connectivity index (χ4v) is 4.46. The average molecular weight is 446 g/mol. The van der Waals surface area contributed by atoms with Crippen LogP contribution in [0.2, 0.25) is 0 Å². The van der Waals surface area contributed by atoms with E-state index in [4.69, 9.17) is 4.74 Å². The molecule has 3 aromatic rings. The molecule has 2 heterocycles. The maximum atomic E-state index is 13.3. The Morgan fingerprint density at radius 1 is 1.00 bits per heavy atom. The van der Waals surface area contributed by atoms with Gasteiger partial charge < -0.3 is 14.6 Å². The molecule has 0 unspecified atom stereocenters. The van der Waals surface area contributed by atoms with E-state index in [-0.39, 0.29) is 5.91 Å². The van der Waals surface area contributed by atoms with Crippen LogP contribution in [-0.4, -0.2) is 48.2 Å². The fourth-order valence-electron chi connectivity index (χ4n) is 4.46. The van der Waals surface area contributed by atoms with Crippen LogP contribution in [-0.2, 0) is 11.3 Å². The van der Waals surface area contributed by atoms with Crippen molar-refractivity contribution in [2.45, 2.75) is 39.7 Å². The van der Waals surface area contributed by atoms with Gasteiger partial charge in [-0.2, -0.15) is 0 Å². The van der Waals surface area contributed by atoms with Gasteiger partial charge in [-0.3, -0.25) is 9.69 Å². The molecule has 0 radical (unpaired) electrons. The molecule has 33 heavy (non-hydrogen) atoms. The number of nitrogens with zero attached hydrogens (tertiary/aromatic N) is 2. The number of nitrogens with one attached hydrogen (secondary N) is 1. The van der Waals surface area contributed by atoms with E-state index in [0.29, 0.717) is 5.92 Å². The smallest absolute Gasteiger partial charge is 0.257 e. The monoisotopic (exact) mass is 445 g/mol. The lowest BCUT2D eigenvalue weighted by molar-refractivity contribution is 0.0369. The van der Waals surface area contributed by atoms with Crippen LogP contribution < -0.4 is 5.32 Å². The van der Waals surface area contributed by atoms with Gasteiger partial charge in [-0.25, -0.2) is 0 Å². The maximum Gasteiger partial charge on any atom is 0.257 e. The second-order valence-corrected chi connectivity index (χ2v) is 9.09. The Balaban J connectivity index is 1.56. The number of hydrogen-bond acceptors (Lipinski definition) is 3. The van der Waals surface area contributed by atoms with Crippen LogP contribution in [0.1, 0.15) is 47.8 Å². The lowest BCUT2D eigenvalue weighted by Crippen LogP contribution is -2.37. The van der Waals surface area contributed by atoms with Gasteiger partial charge in [0.15, 0.2) is 0 Å². The summed E-state index contributed by atoms with van der Waals surface area (Å²) in [6.07, 6.45) is 1.03. The molecule has 5 heteroatoms. The quantitative estimate of drug-likeness (QED) is 0.494. The number of benzene rings is 2. The number of hydrogen-bond donors (Lipinski definition) is 1. The first-order chi connectivity index (χ1) is 16.0. The van der Waals surface area contributed by atoms with E-state index in [1.807, 2.05) is 36.4 Å². The predicted octanol–water partition coefficient (Wildman–Crippen LogP) is 5.56. The van der Waals surface area contributed by atoms with Crippen molar-refractivity contribution in [2.75, 3.05) is 38.2 Å². The minimum Gasteiger partial charge on any atom is -0.379 e. The number of anilines is 1. The number of carbonyl (C=O) groups is 1. The van der Waals surface area contributed by atoms with Gasteiger partial charge in [0.1, 0.15) is 0 Å². The molecule has 0 saturated carbocycles. The van der Waals surface area contributed by atoms with Crippen molar-refractivity contribution in [3.63, 3.8) is 0 Å². The number of ether oxygens (including phenoxy) is 1. The molecule has 2 aromatic carbocycles. The first-order valence-electron chi connectivity index (χ1n) is 12.0. The normalized spacial score (nSPS) is 14.5. The van der Waals surface area contributed by atoms with Crippen LogP contribution in [0.25, 0.3) is 11.3 Å². The molecule has 0 aliphatic carbocycles. The summed E-state index contributed by atoms with van der Waals surface area (Å²) in [5, 5.41) is 3.12. The Bertz CT molecular complexity index is 1070. The minimum absolute atomic E-state index is 0.0579. The van der Waals surface area contributed by atoms with Crippen LogP contribution in [0.15, 0.2) is 60.7 Å². The van der Waals surface area contributed by atoms with Crippen LogP contribution in [0.5, 0.6) is 0 Å². The lowest BCUT2D eigenvalue weighted by atomic mass is 10.0. The molecule has 5 nitrogen and oxygen atoms in total. The first-order valence-corrected chi connectivity index (χ1v) is 12.0. The van der Waals surface area contributed by atoms with Gasteiger partial charge in [0.2, 0.25) is 0 Å². The van der Waals surface area contributed by atoms with Crippen molar-refractivity contribution >= 4 is 11.6 Å². The van der Waals surface area contributed by atoms with Gasteiger partial charge in [0, 0.05) is 43.3 Å². The number of rotatable bonds is 8. The number of carbonyl (C=O) groups excluding carboxylic acids is 1. The highest BCUT2D eigenvalue weighted by Crippen LogP contribution is 2.27. The van der Waals surface area contributed by atoms with Gasteiger partial charge >= 0.3 is 0 Å². The van der Waals surface area contributed by atoms with Gasteiger partial charge in [-0.15, -0.1) is 0 Å². The summed E-state index contributed by atoms with van der Waals surface area (Å²) in [6.45, 7) is 11.9. The molecule has 4 rings (SSSR count). The summed E-state index contributed by atoms with van der Waals surface area (Å²) in [5.74, 6) is 0.360. The Morgan fingerprint density at radius 3 is 2.48 bits per heavy atom. The van der Waals surface area contributed by atoms with E-state index in [1.165, 1.54) is 5.56 Å². The molecule has 1 aliphatic heterocycles. The van der Waals surface area contributed by atoms with Crippen LogP contribution >= 0.6 is 0 Å². The molecule has 174 valence electrons. The molecule has 1 aliphatic rings. The number of aromatic nitrogens is 1. The van der Waals surface area contributed by atoms with Crippen LogP contribution in [0.3, 0.4) is 0 Å². The van der Waals surface area contributed by atoms with E-state index in [1.54, 1.807) is 0 Å². The number of amides is 1. The summed E-state index contributed by atoms with van der Waals surface area (Å²) in [4.78, 5) is 15.7. The predicted molar refractivity (Wildman–Crippen MR) is 135 cm³/mol. The molecular weight excluding hydrogens is 410 g/mol. The molecule has 1 amide bonds. The van der Waals surface area contributed by atoms with E-state index in [2.05, 4.69) is 59.8 Å². The van der Waals surface area contributed by atoms with E-state index < -0.39 is 0 Å². The molecule has 1 saturated heterocycles. The summed E-state index contributed by atoms with van der Waals surface area (Å²) in [6, 6.07) is 20.5. The second-order valence-electron chi connectivity index (χ2n) is 9.09. The topological polar surface area (TPSA) is 46.5 Å². The van der Waals surface area contributed by atoms with Crippen molar-refractivity contribution in [3.05, 3.63) is 77.5 Å². The third-order valence-electron chi connectivity index (χ3n) is 6.45. The minimum atomic E-state index is -0.0579. The third kappa shape index (κ3) is 5.73. The first kappa shape index (κ1) is 23.3. The van der Waals surface area contributed by atoms with Gasteiger partial charge in [-0.1, -0.05) is 56.3 Å². The molecule has 1 N–H and O–H groups in total. The Labute approximate surface area is 197 Å². The van der Waals surface area contributed by atoms with Crippen molar-refractivity contribution < 1.29 is 9.53 Å². The summed E-state index contributed by atoms with van der Waals surface area (Å²) in [5.41, 5.74) is 6.02. The summed E-state index contributed by atoms with van der Waals surface area (Å²) in [7, 11) is 0. The third-order valence-corrected chi connectivity index (χ3v) is 6.45. The van der Waals surface area contributed by atoms with Crippen molar-refractivity contribution in [1.29, 1.82) is 0 Å². The van der Waals surface area contributed by atoms with Crippen LogP contribution in [0, 0.1) is 6.92 Å². The Kier molecular flexibility index (Phi) is 7.63. The van der Waals surface area contributed by atoms with Crippen molar-refractivity contribution in [3.8, 4) is 11.3 Å². The van der Waals surface area contributed by atoms with Gasteiger partial charge in [-0.05, 0) is 48.6 Å². The zero-order valence-electron chi connectivity index (χ0n) is 20.0. The molecule has 1 fully saturated rings. The van der Waals surface area contributed by atoms with Gasteiger partial charge in [0.05, 0.1) is 18.8 Å². The van der Waals surface area contributed by atoms with Gasteiger partial charge in [0.25, 0.3) is 5.91 Å². The van der Waals surface area contributed by atoms with Crippen molar-refractivity contribution in [2.24, 2.45) is 0 Å². The summed E-state index contributed by atoms with van der Waals surface area (Å²) >= 11 is 0. The standard InChI is InChI=1S/C28H35N3O2/c1-21(2)24-11-7-12-25(19-24)29-28(32)26-20-27(23-9-5-4-6-10-23)31(22(26)3)14-8-13-30-15-17-33-18-16-30/h4-7,9-12,19-21H,8,13-18H2,1-3H3,(H,29,32). The van der Waals surface area contributed by atoms with E-state index in [0.717, 1.165) is 74.0 Å². The maximum absolute atomic E-state index is 13.3. The molecule has 1 aromatic heterocycles. The Hall–Kier alpha value is -2.89. The highest BCUT2D eigenvalue weighted by molar-refractivity contribution is 6.06. The fraction of sp³-hybridized carbons (Fsp3) is 0.393. The molecular formula is C28H35N3O2. The Morgan fingerprint density at radius 2 is 1.76 bits per heavy atom. The molecule has 0 bridgehead atoms. The largest absolute Gasteiger partial charge is 0.379 e. The zero-order valence-corrected chi connectivity index (χ0v) is 20.0. The lowest BCUT2D eigenvalue weighted by Gasteiger charge is -2.26.